The van der Waals surface area contributed by atoms with Gasteiger partial charge >= 0.3 is 0 Å². The highest BCUT2D eigenvalue weighted by Crippen LogP contribution is 2.33. The Hall–Kier alpha value is -2.54. The molecule has 5 rings (SSSR count). The average molecular weight is 368 g/mol. The topological polar surface area (TPSA) is 68.6 Å². The molecule has 1 atom stereocenters. The smallest absolute Gasteiger partial charge is 0.231 e. The maximum atomic E-state index is 12.0. The Labute approximate surface area is 158 Å². The van der Waals surface area contributed by atoms with Crippen molar-refractivity contribution < 1.29 is 14.3 Å². The van der Waals surface area contributed by atoms with Gasteiger partial charge in [0.1, 0.15) is 0 Å². The molecular weight excluding hydrogens is 344 g/mol. The minimum absolute atomic E-state index is 0.210. The Balaban J connectivity index is 1.29. The SMILES string of the molecule is O=C(NCC1CN(Cc2ccc3c(c2)OCO3)Cc2ccnn2C1)C1CC1. The van der Waals surface area contributed by atoms with Crippen LogP contribution < -0.4 is 14.8 Å². The predicted octanol–water partition coefficient (Wildman–Crippen LogP) is 1.77. The first-order valence-electron chi connectivity index (χ1n) is 9.64. The van der Waals surface area contributed by atoms with Crippen molar-refractivity contribution in [3.05, 3.63) is 41.7 Å². The molecule has 1 unspecified atom stereocenters. The van der Waals surface area contributed by atoms with Gasteiger partial charge in [-0.1, -0.05) is 6.07 Å². The molecular formula is C20H24N4O3. The van der Waals surface area contributed by atoms with Gasteiger partial charge in [-0.2, -0.15) is 5.10 Å². The molecule has 0 radical (unpaired) electrons. The van der Waals surface area contributed by atoms with Crippen molar-refractivity contribution in [2.24, 2.45) is 11.8 Å². The molecule has 1 aromatic heterocycles. The molecule has 1 saturated carbocycles. The summed E-state index contributed by atoms with van der Waals surface area (Å²) in [6, 6.07) is 8.22. The lowest BCUT2D eigenvalue weighted by Crippen LogP contribution is -2.37. The van der Waals surface area contributed by atoms with Gasteiger partial charge in [-0.3, -0.25) is 14.4 Å². The largest absolute Gasteiger partial charge is 0.454 e. The van der Waals surface area contributed by atoms with Crippen LogP contribution in [-0.2, 0) is 24.4 Å². The average Bonchev–Trinajstić information content (AvgIpc) is 3.32. The summed E-state index contributed by atoms with van der Waals surface area (Å²) in [6.07, 6.45) is 3.94. The zero-order valence-corrected chi connectivity index (χ0v) is 15.3. The van der Waals surface area contributed by atoms with Gasteiger partial charge < -0.3 is 14.8 Å². The zero-order valence-electron chi connectivity index (χ0n) is 15.3. The van der Waals surface area contributed by atoms with E-state index in [4.69, 9.17) is 9.47 Å². The van der Waals surface area contributed by atoms with Gasteiger partial charge in [-0.25, -0.2) is 0 Å². The number of ether oxygens (including phenoxy) is 2. The van der Waals surface area contributed by atoms with Crippen LogP contribution in [0.1, 0.15) is 24.1 Å². The highest BCUT2D eigenvalue weighted by atomic mass is 16.7. The molecule has 0 spiro atoms. The summed E-state index contributed by atoms with van der Waals surface area (Å²) in [4.78, 5) is 14.5. The molecule has 1 N–H and O–H groups in total. The molecule has 2 aromatic rings. The maximum absolute atomic E-state index is 12.0. The van der Waals surface area contributed by atoms with Crippen molar-refractivity contribution in [3.8, 4) is 11.5 Å². The molecule has 27 heavy (non-hydrogen) atoms. The number of fused-ring (bicyclic) bond motifs is 2. The highest BCUT2D eigenvalue weighted by molar-refractivity contribution is 5.80. The number of rotatable bonds is 5. The first-order chi connectivity index (χ1) is 13.2. The van der Waals surface area contributed by atoms with Crippen molar-refractivity contribution in [1.82, 2.24) is 20.0 Å². The van der Waals surface area contributed by atoms with Gasteiger partial charge in [0.25, 0.3) is 0 Å². The van der Waals surface area contributed by atoms with Gasteiger partial charge in [0, 0.05) is 50.8 Å². The number of hydrogen-bond acceptors (Lipinski definition) is 5. The van der Waals surface area contributed by atoms with E-state index in [9.17, 15) is 4.79 Å². The molecule has 3 heterocycles. The van der Waals surface area contributed by atoms with Crippen LogP contribution in [0.4, 0.5) is 0 Å². The highest BCUT2D eigenvalue weighted by Gasteiger charge is 2.30. The van der Waals surface area contributed by atoms with E-state index in [2.05, 4.69) is 38.2 Å². The normalized spacial score (nSPS) is 21.6. The van der Waals surface area contributed by atoms with Crippen molar-refractivity contribution in [1.29, 1.82) is 0 Å². The molecule has 1 aromatic carbocycles. The summed E-state index contributed by atoms with van der Waals surface area (Å²) in [6.45, 7) is 4.43. The monoisotopic (exact) mass is 368 g/mol. The van der Waals surface area contributed by atoms with E-state index in [0.717, 1.165) is 50.5 Å². The molecule has 0 bridgehead atoms. The first kappa shape index (κ1) is 16.6. The van der Waals surface area contributed by atoms with E-state index in [-0.39, 0.29) is 11.8 Å². The first-order valence-corrected chi connectivity index (χ1v) is 9.64. The van der Waals surface area contributed by atoms with Crippen molar-refractivity contribution in [2.75, 3.05) is 19.9 Å². The molecule has 2 aliphatic heterocycles. The van der Waals surface area contributed by atoms with Crippen LogP contribution in [0.25, 0.3) is 0 Å². The maximum Gasteiger partial charge on any atom is 0.231 e. The molecule has 7 heteroatoms. The van der Waals surface area contributed by atoms with Gasteiger partial charge in [0.05, 0.1) is 5.69 Å². The summed E-state index contributed by atoms with van der Waals surface area (Å²) < 4.78 is 13.0. The van der Waals surface area contributed by atoms with Gasteiger partial charge in [-0.05, 0) is 36.6 Å². The fourth-order valence-corrected chi connectivity index (χ4v) is 3.90. The Morgan fingerprint density at radius 1 is 1.19 bits per heavy atom. The van der Waals surface area contributed by atoms with Crippen LogP contribution in [0.2, 0.25) is 0 Å². The Kier molecular flexibility index (Phi) is 4.24. The van der Waals surface area contributed by atoms with E-state index in [0.29, 0.717) is 19.3 Å². The fourth-order valence-electron chi connectivity index (χ4n) is 3.90. The predicted molar refractivity (Wildman–Crippen MR) is 98.1 cm³/mol. The van der Waals surface area contributed by atoms with Crippen LogP contribution in [0.5, 0.6) is 11.5 Å². The summed E-state index contributed by atoms with van der Waals surface area (Å²) >= 11 is 0. The number of nitrogens with zero attached hydrogens (tertiary/aromatic N) is 3. The summed E-state index contributed by atoms with van der Waals surface area (Å²) in [5, 5.41) is 7.61. The summed E-state index contributed by atoms with van der Waals surface area (Å²) in [5.41, 5.74) is 2.42. The van der Waals surface area contributed by atoms with Crippen LogP contribution in [0.3, 0.4) is 0 Å². The van der Waals surface area contributed by atoms with E-state index in [1.165, 1.54) is 11.3 Å². The Morgan fingerprint density at radius 3 is 2.96 bits per heavy atom. The Bertz CT molecular complexity index is 846. The molecule has 1 fully saturated rings. The minimum Gasteiger partial charge on any atom is -0.454 e. The zero-order chi connectivity index (χ0) is 18.2. The van der Waals surface area contributed by atoms with Gasteiger partial charge in [-0.15, -0.1) is 0 Å². The summed E-state index contributed by atoms with van der Waals surface area (Å²) in [5.74, 6) is 2.43. The second-order valence-electron chi connectivity index (χ2n) is 7.75. The lowest BCUT2D eigenvalue weighted by Gasteiger charge is -2.24. The number of nitrogens with one attached hydrogen (secondary N) is 1. The Morgan fingerprint density at radius 2 is 2.07 bits per heavy atom. The quantitative estimate of drug-likeness (QED) is 0.871. The van der Waals surface area contributed by atoms with E-state index < -0.39 is 0 Å². The van der Waals surface area contributed by atoms with Gasteiger partial charge in [0.15, 0.2) is 11.5 Å². The van der Waals surface area contributed by atoms with Crippen LogP contribution in [0, 0.1) is 11.8 Å². The third-order valence-corrected chi connectivity index (χ3v) is 5.49. The fraction of sp³-hybridized carbons (Fsp3) is 0.500. The number of carbonyl (C=O) groups excluding carboxylic acids is 1. The lowest BCUT2D eigenvalue weighted by atomic mass is 10.1. The molecule has 1 aliphatic carbocycles. The van der Waals surface area contributed by atoms with Gasteiger partial charge in [0.2, 0.25) is 12.7 Å². The third-order valence-electron chi connectivity index (χ3n) is 5.49. The summed E-state index contributed by atoms with van der Waals surface area (Å²) in [7, 11) is 0. The van der Waals surface area contributed by atoms with E-state index in [1.54, 1.807) is 0 Å². The minimum atomic E-state index is 0.210. The van der Waals surface area contributed by atoms with Crippen molar-refractivity contribution >= 4 is 5.91 Å². The number of carbonyl (C=O) groups is 1. The molecule has 1 amide bonds. The number of aromatic nitrogens is 2. The molecule has 7 nitrogen and oxygen atoms in total. The lowest BCUT2D eigenvalue weighted by molar-refractivity contribution is -0.122. The third kappa shape index (κ3) is 3.64. The van der Waals surface area contributed by atoms with Crippen LogP contribution in [-0.4, -0.2) is 40.5 Å². The number of benzene rings is 1. The number of amides is 1. The number of hydrogen-bond donors (Lipinski definition) is 1. The van der Waals surface area contributed by atoms with E-state index in [1.807, 2.05) is 12.3 Å². The van der Waals surface area contributed by atoms with E-state index >= 15 is 0 Å². The van der Waals surface area contributed by atoms with Crippen LogP contribution >= 0.6 is 0 Å². The molecule has 3 aliphatic rings. The molecule has 0 saturated heterocycles. The standard InChI is InChI=1S/C20H24N4O3/c25-20(16-2-3-16)21-8-15-10-23(12-17-5-6-22-24(17)11-15)9-14-1-4-18-19(7-14)27-13-26-18/h1,4-7,15-16H,2-3,8-13H2,(H,21,25). The van der Waals surface area contributed by atoms with Crippen molar-refractivity contribution in [3.63, 3.8) is 0 Å². The van der Waals surface area contributed by atoms with Crippen LogP contribution in [0.15, 0.2) is 30.5 Å². The molecule has 142 valence electrons. The van der Waals surface area contributed by atoms with Crippen molar-refractivity contribution in [2.45, 2.75) is 32.5 Å². The second-order valence-corrected chi connectivity index (χ2v) is 7.75. The second kappa shape index (κ2) is 6.88.